The minimum absolute atomic E-state index is 0.0978. The molecule has 0 heterocycles. The summed E-state index contributed by atoms with van der Waals surface area (Å²) in [7, 11) is 0. The van der Waals surface area contributed by atoms with Gasteiger partial charge in [-0.25, -0.2) is 4.39 Å². The van der Waals surface area contributed by atoms with Crippen LogP contribution in [0.3, 0.4) is 0 Å². The average Bonchev–Trinajstić information content (AvgIpc) is 2.38. The van der Waals surface area contributed by atoms with E-state index in [9.17, 15) is 9.18 Å². The minimum Gasteiger partial charge on any atom is -0.330 e. The molecule has 110 valence electrons. The maximum Gasteiger partial charge on any atom is 0.224 e. The van der Waals surface area contributed by atoms with Crippen molar-refractivity contribution in [2.75, 3.05) is 11.9 Å². The van der Waals surface area contributed by atoms with Gasteiger partial charge in [0, 0.05) is 17.1 Å². The summed E-state index contributed by atoms with van der Waals surface area (Å²) in [5.74, 6) is -0.585. The topological polar surface area (TPSA) is 55.1 Å². The van der Waals surface area contributed by atoms with Crippen LogP contribution in [0.25, 0.3) is 0 Å². The van der Waals surface area contributed by atoms with Crippen LogP contribution < -0.4 is 11.1 Å². The van der Waals surface area contributed by atoms with Crippen LogP contribution in [0.5, 0.6) is 0 Å². The van der Waals surface area contributed by atoms with Crippen LogP contribution in [0, 0.1) is 11.2 Å². The minimum atomic E-state index is -0.459. The molecule has 0 aliphatic heterocycles. The molecule has 0 atom stereocenters. The van der Waals surface area contributed by atoms with Gasteiger partial charge < -0.3 is 11.1 Å². The monoisotopic (exact) mass is 298 g/mol. The number of nitrogens with one attached hydrogen (secondary N) is 1. The summed E-state index contributed by atoms with van der Waals surface area (Å²) in [4.78, 5) is 12.1. The summed E-state index contributed by atoms with van der Waals surface area (Å²) in [6.07, 6.45) is 5.81. The van der Waals surface area contributed by atoms with Gasteiger partial charge in [0.15, 0.2) is 0 Å². The number of anilines is 1. The first-order valence-corrected chi connectivity index (χ1v) is 7.37. The number of rotatable bonds is 4. The highest BCUT2D eigenvalue weighted by Crippen LogP contribution is 2.38. The van der Waals surface area contributed by atoms with Crippen molar-refractivity contribution in [2.24, 2.45) is 11.1 Å². The van der Waals surface area contributed by atoms with Gasteiger partial charge in [0.1, 0.15) is 5.82 Å². The zero-order valence-corrected chi connectivity index (χ0v) is 12.2. The Morgan fingerprint density at radius 1 is 1.30 bits per heavy atom. The third-order valence-electron chi connectivity index (χ3n) is 4.03. The number of halogens is 2. The summed E-state index contributed by atoms with van der Waals surface area (Å²) in [5.41, 5.74) is 6.16. The van der Waals surface area contributed by atoms with Gasteiger partial charge in [0.2, 0.25) is 5.91 Å². The fourth-order valence-corrected chi connectivity index (χ4v) is 3.15. The predicted octanol–water partition coefficient (Wildman–Crippen LogP) is 3.72. The number of nitrogens with two attached hydrogens (primary N) is 1. The molecule has 0 saturated heterocycles. The molecule has 0 spiro atoms. The van der Waals surface area contributed by atoms with Crippen LogP contribution in [0.15, 0.2) is 18.2 Å². The molecule has 2 rings (SSSR count). The van der Waals surface area contributed by atoms with E-state index < -0.39 is 5.82 Å². The maximum absolute atomic E-state index is 13.2. The van der Waals surface area contributed by atoms with Crippen molar-refractivity contribution in [3.8, 4) is 0 Å². The van der Waals surface area contributed by atoms with E-state index in [0.29, 0.717) is 18.7 Å². The number of hydrogen-bond acceptors (Lipinski definition) is 2. The smallest absolute Gasteiger partial charge is 0.224 e. The van der Waals surface area contributed by atoms with Crippen LogP contribution in [-0.2, 0) is 4.79 Å². The van der Waals surface area contributed by atoms with E-state index >= 15 is 0 Å². The summed E-state index contributed by atoms with van der Waals surface area (Å²) in [6.45, 7) is 0.518. The molecule has 20 heavy (non-hydrogen) atoms. The fourth-order valence-electron chi connectivity index (χ4n) is 2.93. The summed E-state index contributed by atoms with van der Waals surface area (Å²) in [5, 5.41) is 2.98. The van der Waals surface area contributed by atoms with Crippen LogP contribution in [0.4, 0.5) is 10.1 Å². The van der Waals surface area contributed by atoms with E-state index in [1.807, 2.05) is 0 Å². The van der Waals surface area contributed by atoms with Crippen LogP contribution in [0.1, 0.15) is 38.5 Å². The molecule has 0 aromatic heterocycles. The molecule has 1 aliphatic rings. The Morgan fingerprint density at radius 3 is 2.60 bits per heavy atom. The predicted molar refractivity (Wildman–Crippen MR) is 79.2 cm³/mol. The largest absolute Gasteiger partial charge is 0.330 e. The third kappa shape index (κ3) is 3.93. The van der Waals surface area contributed by atoms with Gasteiger partial charge in [-0.15, -0.1) is 0 Å². The lowest BCUT2D eigenvalue weighted by Gasteiger charge is -2.35. The molecule has 3 nitrogen and oxygen atoms in total. The average molecular weight is 299 g/mol. The molecule has 1 fully saturated rings. The van der Waals surface area contributed by atoms with Gasteiger partial charge in [-0.1, -0.05) is 30.9 Å². The highest BCUT2D eigenvalue weighted by Gasteiger charge is 2.32. The molecule has 1 aromatic rings. The summed E-state index contributed by atoms with van der Waals surface area (Å²) in [6, 6.07) is 4.01. The van der Waals surface area contributed by atoms with Gasteiger partial charge in [0.05, 0.1) is 0 Å². The van der Waals surface area contributed by atoms with E-state index in [-0.39, 0.29) is 16.3 Å². The molecular formula is C15H20ClFN2O. The number of benzene rings is 1. The van der Waals surface area contributed by atoms with Crippen molar-refractivity contribution in [1.29, 1.82) is 0 Å². The lowest BCUT2D eigenvalue weighted by atomic mass is 9.71. The zero-order valence-electron chi connectivity index (χ0n) is 11.4. The Balaban J connectivity index is 2.00. The number of hydrogen-bond donors (Lipinski definition) is 2. The molecule has 1 aromatic carbocycles. The molecule has 1 saturated carbocycles. The normalized spacial score (nSPS) is 17.8. The third-order valence-corrected chi connectivity index (χ3v) is 4.25. The van der Waals surface area contributed by atoms with E-state index in [2.05, 4.69) is 5.32 Å². The Bertz CT molecular complexity index is 467. The van der Waals surface area contributed by atoms with Crippen LogP contribution in [0.2, 0.25) is 5.02 Å². The molecule has 3 N–H and O–H groups in total. The van der Waals surface area contributed by atoms with Crippen molar-refractivity contribution in [3.05, 3.63) is 29.0 Å². The first kappa shape index (κ1) is 15.3. The van der Waals surface area contributed by atoms with E-state index in [1.54, 1.807) is 6.07 Å². The zero-order chi connectivity index (χ0) is 14.6. The van der Waals surface area contributed by atoms with E-state index in [0.717, 1.165) is 25.7 Å². The molecule has 0 unspecified atom stereocenters. The lowest BCUT2D eigenvalue weighted by Crippen LogP contribution is -2.36. The fraction of sp³-hybridized carbons (Fsp3) is 0.533. The molecule has 1 aliphatic carbocycles. The molecule has 1 amide bonds. The Kier molecular flexibility index (Phi) is 5.00. The number of amides is 1. The van der Waals surface area contributed by atoms with Crippen molar-refractivity contribution >= 4 is 23.2 Å². The Labute approximate surface area is 123 Å². The highest BCUT2D eigenvalue weighted by atomic mass is 35.5. The van der Waals surface area contributed by atoms with Crippen molar-refractivity contribution in [3.63, 3.8) is 0 Å². The van der Waals surface area contributed by atoms with Gasteiger partial charge in [-0.2, -0.15) is 0 Å². The van der Waals surface area contributed by atoms with Crippen LogP contribution in [-0.4, -0.2) is 12.5 Å². The standard InChI is InChI=1S/C15H20ClFN2O/c16-11-6-12(17)8-13(7-11)19-14(20)9-15(10-18)4-2-1-3-5-15/h6-8H,1-5,9-10,18H2,(H,19,20). The van der Waals surface area contributed by atoms with E-state index in [1.165, 1.54) is 18.6 Å². The Morgan fingerprint density at radius 2 is 2.00 bits per heavy atom. The van der Waals surface area contributed by atoms with Gasteiger partial charge >= 0.3 is 0 Å². The summed E-state index contributed by atoms with van der Waals surface area (Å²) < 4.78 is 13.2. The summed E-state index contributed by atoms with van der Waals surface area (Å²) >= 11 is 5.77. The van der Waals surface area contributed by atoms with E-state index in [4.69, 9.17) is 17.3 Å². The van der Waals surface area contributed by atoms with Gasteiger partial charge in [-0.05, 0) is 43.0 Å². The molecule has 0 bridgehead atoms. The van der Waals surface area contributed by atoms with Crippen molar-refractivity contribution in [2.45, 2.75) is 38.5 Å². The SMILES string of the molecule is NCC1(CC(=O)Nc2cc(F)cc(Cl)c2)CCCCC1. The Hall–Kier alpha value is -1.13. The highest BCUT2D eigenvalue weighted by molar-refractivity contribution is 6.30. The van der Waals surface area contributed by atoms with Crippen molar-refractivity contribution in [1.82, 2.24) is 0 Å². The van der Waals surface area contributed by atoms with Gasteiger partial charge in [-0.3, -0.25) is 4.79 Å². The first-order chi connectivity index (χ1) is 9.53. The quantitative estimate of drug-likeness (QED) is 0.890. The number of carbonyl (C=O) groups excluding carboxylic acids is 1. The van der Waals surface area contributed by atoms with Gasteiger partial charge in [0.25, 0.3) is 0 Å². The second-order valence-corrected chi connectivity index (χ2v) is 6.08. The molecule has 0 radical (unpaired) electrons. The lowest BCUT2D eigenvalue weighted by molar-refractivity contribution is -0.118. The number of carbonyl (C=O) groups is 1. The van der Waals surface area contributed by atoms with Crippen LogP contribution >= 0.6 is 11.6 Å². The maximum atomic E-state index is 13.2. The second kappa shape index (κ2) is 6.55. The molecule has 5 heteroatoms. The van der Waals surface area contributed by atoms with Crippen molar-refractivity contribution < 1.29 is 9.18 Å². The second-order valence-electron chi connectivity index (χ2n) is 5.65. The first-order valence-electron chi connectivity index (χ1n) is 6.99. The molecular weight excluding hydrogens is 279 g/mol.